The Labute approximate surface area is 96.2 Å². The molecule has 0 aliphatic heterocycles. The van der Waals surface area contributed by atoms with E-state index in [2.05, 4.69) is 27.3 Å². The molecule has 0 radical (unpaired) electrons. The van der Waals surface area contributed by atoms with E-state index >= 15 is 0 Å². The minimum atomic E-state index is -0.546. The maximum atomic E-state index is 13.5. The van der Waals surface area contributed by atoms with E-state index in [4.69, 9.17) is 5.26 Å². The molecule has 1 N–H and O–H groups in total. The first kappa shape index (κ1) is 10.6. The Morgan fingerprint density at radius 2 is 2.27 bits per heavy atom. The van der Waals surface area contributed by atoms with E-state index in [9.17, 15) is 4.39 Å². The predicted molar refractivity (Wildman–Crippen MR) is 58.6 cm³/mol. The highest BCUT2D eigenvalue weighted by atomic mass is 79.9. The number of benzene rings is 1. The smallest absolute Gasteiger partial charge is 0.129 e. The average molecular weight is 269 g/mol. The topological polar surface area (TPSA) is 35.8 Å². The van der Waals surface area contributed by atoms with Gasteiger partial charge in [0.15, 0.2) is 0 Å². The van der Waals surface area contributed by atoms with Crippen molar-refractivity contribution in [2.24, 2.45) is 0 Å². The first-order valence-electron chi connectivity index (χ1n) is 4.81. The number of halogens is 2. The third kappa shape index (κ3) is 2.55. The fraction of sp³-hybridized carbons (Fsp3) is 0.364. The third-order valence-electron chi connectivity index (χ3n) is 2.38. The Kier molecular flexibility index (Phi) is 3.03. The van der Waals surface area contributed by atoms with Gasteiger partial charge in [-0.25, -0.2) is 4.39 Å². The average Bonchev–Trinajstić information content (AvgIpc) is 3.02. The second-order valence-corrected chi connectivity index (χ2v) is 4.58. The van der Waals surface area contributed by atoms with Crippen molar-refractivity contribution in [2.75, 3.05) is 0 Å². The van der Waals surface area contributed by atoms with Crippen LogP contribution in [0.5, 0.6) is 0 Å². The van der Waals surface area contributed by atoms with Crippen molar-refractivity contribution < 1.29 is 4.39 Å². The molecule has 0 saturated heterocycles. The van der Waals surface area contributed by atoms with Gasteiger partial charge in [-0.05, 0) is 31.0 Å². The van der Waals surface area contributed by atoms with Crippen LogP contribution in [0, 0.1) is 17.1 Å². The van der Waals surface area contributed by atoms with Crippen LogP contribution in [0.15, 0.2) is 22.7 Å². The summed E-state index contributed by atoms with van der Waals surface area (Å²) in [5.41, 5.74) is 0.416. The summed E-state index contributed by atoms with van der Waals surface area (Å²) in [6.07, 6.45) is 2.15. The highest BCUT2D eigenvalue weighted by Crippen LogP contribution is 2.26. The Balaban J connectivity index is 2.24. The molecule has 4 heteroatoms. The van der Waals surface area contributed by atoms with Crippen LogP contribution in [0.3, 0.4) is 0 Å². The molecule has 0 amide bonds. The molecule has 2 rings (SSSR count). The van der Waals surface area contributed by atoms with E-state index in [-0.39, 0.29) is 5.82 Å². The van der Waals surface area contributed by atoms with Gasteiger partial charge < -0.3 is 0 Å². The lowest BCUT2D eigenvalue weighted by molar-refractivity contribution is 0.560. The van der Waals surface area contributed by atoms with Crippen molar-refractivity contribution in [3.63, 3.8) is 0 Å². The fourth-order valence-electron chi connectivity index (χ4n) is 1.42. The lowest BCUT2D eigenvalue weighted by Gasteiger charge is -2.12. The summed E-state index contributed by atoms with van der Waals surface area (Å²) in [4.78, 5) is 0. The van der Waals surface area contributed by atoms with E-state index in [1.165, 1.54) is 6.07 Å². The molecule has 15 heavy (non-hydrogen) atoms. The van der Waals surface area contributed by atoms with Gasteiger partial charge in [0.25, 0.3) is 0 Å². The van der Waals surface area contributed by atoms with Crippen LogP contribution in [0.2, 0.25) is 0 Å². The van der Waals surface area contributed by atoms with Gasteiger partial charge in [0.1, 0.15) is 11.9 Å². The number of rotatable bonds is 3. The number of hydrogen-bond donors (Lipinski definition) is 1. The third-order valence-corrected chi connectivity index (χ3v) is 2.87. The molecular weight excluding hydrogens is 259 g/mol. The molecule has 0 spiro atoms. The molecule has 1 aromatic rings. The molecule has 2 nitrogen and oxygen atoms in total. The van der Waals surface area contributed by atoms with E-state index in [0.717, 1.165) is 17.3 Å². The minimum absolute atomic E-state index is 0.335. The van der Waals surface area contributed by atoms with Crippen LogP contribution < -0.4 is 5.32 Å². The second kappa shape index (κ2) is 4.30. The van der Waals surface area contributed by atoms with E-state index < -0.39 is 6.04 Å². The zero-order valence-electron chi connectivity index (χ0n) is 8.00. The zero-order valence-corrected chi connectivity index (χ0v) is 9.59. The molecule has 1 atom stereocenters. The van der Waals surface area contributed by atoms with Crippen LogP contribution in [0.1, 0.15) is 24.4 Å². The zero-order chi connectivity index (χ0) is 10.8. The van der Waals surface area contributed by atoms with Gasteiger partial charge in [0.05, 0.1) is 6.07 Å². The summed E-state index contributed by atoms with van der Waals surface area (Å²) in [5.74, 6) is -0.335. The lowest BCUT2D eigenvalue weighted by Crippen LogP contribution is -2.22. The van der Waals surface area contributed by atoms with Crippen molar-refractivity contribution in [3.8, 4) is 6.07 Å². The van der Waals surface area contributed by atoms with Crippen molar-refractivity contribution in [1.82, 2.24) is 5.32 Å². The van der Waals surface area contributed by atoms with Crippen LogP contribution >= 0.6 is 15.9 Å². The van der Waals surface area contributed by atoms with Crippen LogP contribution in [-0.2, 0) is 0 Å². The molecule has 1 fully saturated rings. The van der Waals surface area contributed by atoms with E-state index in [1.807, 2.05) is 0 Å². The predicted octanol–water partition coefficient (Wildman–Crippen LogP) is 2.90. The number of nitrogens with zero attached hydrogens (tertiary/aromatic N) is 1. The first-order valence-corrected chi connectivity index (χ1v) is 5.60. The Morgan fingerprint density at radius 1 is 1.53 bits per heavy atom. The fourth-order valence-corrected chi connectivity index (χ4v) is 1.80. The van der Waals surface area contributed by atoms with Crippen LogP contribution in [0.4, 0.5) is 4.39 Å². The van der Waals surface area contributed by atoms with E-state index in [0.29, 0.717) is 11.6 Å². The SMILES string of the molecule is N#CC(NC1CC1)c1cc(Br)ccc1F. The first-order chi connectivity index (χ1) is 7.20. The molecule has 1 unspecified atom stereocenters. The molecule has 0 aromatic heterocycles. The van der Waals surface area contributed by atoms with Crippen LogP contribution in [-0.4, -0.2) is 6.04 Å². The minimum Gasteiger partial charge on any atom is -0.295 e. The maximum Gasteiger partial charge on any atom is 0.129 e. The van der Waals surface area contributed by atoms with Gasteiger partial charge in [0.2, 0.25) is 0 Å². The van der Waals surface area contributed by atoms with Crippen LogP contribution in [0.25, 0.3) is 0 Å². The Bertz CT molecular complexity index is 410. The Morgan fingerprint density at radius 3 is 2.87 bits per heavy atom. The standard InChI is InChI=1S/C11H10BrFN2/c12-7-1-4-10(13)9(5-7)11(6-14)15-8-2-3-8/h1,4-5,8,11,15H,2-3H2. The van der Waals surface area contributed by atoms with Gasteiger partial charge in [-0.3, -0.25) is 5.32 Å². The van der Waals surface area contributed by atoms with Gasteiger partial charge in [0, 0.05) is 16.1 Å². The molecule has 1 aliphatic rings. The number of nitrogens with one attached hydrogen (secondary N) is 1. The monoisotopic (exact) mass is 268 g/mol. The maximum absolute atomic E-state index is 13.5. The quantitative estimate of drug-likeness (QED) is 0.915. The molecule has 1 aromatic carbocycles. The number of hydrogen-bond acceptors (Lipinski definition) is 2. The van der Waals surface area contributed by atoms with Crippen molar-refractivity contribution in [2.45, 2.75) is 24.9 Å². The summed E-state index contributed by atoms with van der Waals surface area (Å²) in [7, 11) is 0. The molecule has 0 heterocycles. The summed E-state index contributed by atoms with van der Waals surface area (Å²) in [5, 5.41) is 12.1. The molecule has 0 bridgehead atoms. The largest absolute Gasteiger partial charge is 0.295 e. The highest BCUT2D eigenvalue weighted by molar-refractivity contribution is 9.10. The normalized spacial score (nSPS) is 17.1. The molecule has 1 saturated carbocycles. The van der Waals surface area contributed by atoms with Crippen molar-refractivity contribution >= 4 is 15.9 Å². The van der Waals surface area contributed by atoms with Gasteiger partial charge in [-0.2, -0.15) is 5.26 Å². The van der Waals surface area contributed by atoms with Gasteiger partial charge in [-0.15, -0.1) is 0 Å². The van der Waals surface area contributed by atoms with Crippen molar-refractivity contribution in [3.05, 3.63) is 34.1 Å². The summed E-state index contributed by atoms with van der Waals surface area (Å²) in [6, 6.07) is 6.58. The lowest BCUT2D eigenvalue weighted by atomic mass is 10.1. The van der Waals surface area contributed by atoms with Gasteiger partial charge in [-0.1, -0.05) is 15.9 Å². The molecular formula is C11H10BrFN2. The molecule has 78 valence electrons. The number of nitriles is 1. The molecule has 1 aliphatic carbocycles. The summed E-state index contributed by atoms with van der Waals surface area (Å²) in [6.45, 7) is 0. The Hall–Kier alpha value is -0.920. The summed E-state index contributed by atoms with van der Waals surface area (Å²) < 4.78 is 14.3. The summed E-state index contributed by atoms with van der Waals surface area (Å²) >= 11 is 3.27. The van der Waals surface area contributed by atoms with Crippen molar-refractivity contribution in [1.29, 1.82) is 5.26 Å². The van der Waals surface area contributed by atoms with Gasteiger partial charge >= 0.3 is 0 Å². The van der Waals surface area contributed by atoms with E-state index in [1.54, 1.807) is 12.1 Å². The second-order valence-electron chi connectivity index (χ2n) is 3.67. The highest BCUT2D eigenvalue weighted by Gasteiger charge is 2.26.